The second kappa shape index (κ2) is 5.36. The van der Waals surface area contributed by atoms with E-state index < -0.39 is 4.92 Å². The van der Waals surface area contributed by atoms with Crippen molar-refractivity contribution in [3.8, 4) is 11.1 Å². The summed E-state index contributed by atoms with van der Waals surface area (Å²) in [5.41, 5.74) is 2.62. The molecule has 19 heavy (non-hydrogen) atoms. The second-order valence-electron chi connectivity index (χ2n) is 4.57. The van der Waals surface area contributed by atoms with Crippen molar-refractivity contribution in [3.05, 3.63) is 57.4 Å². The van der Waals surface area contributed by atoms with E-state index in [1.54, 1.807) is 6.20 Å². The van der Waals surface area contributed by atoms with E-state index in [0.717, 1.165) is 5.56 Å². The van der Waals surface area contributed by atoms with Gasteiger partial charge in [-0.1, -0.05) is 49.7 Å². The zero-order valence-electron chi connectivity index (χ0n) is 10.6. The molecule has 0 atom stereocenters. The monoisotopic (exact) mass is 276 g/mol. The molecule has 0 bridgehead atoms. The molecule has 1 heterocycles. The van der Waals surface area contributed by atoms with Crippen LogP contribution in [0.1, 0.15) is 25.3 Å². The van der Waals surface area contributed by atoms with Gasteiger partial charge >= 0.3 is 5.69 Å². The lowest BCUT2D eigenvalue weighted by molar-refractivity contribution is -0.385. The van der Waals surface area contributed by atoms with Gasteiger partial charge in [0.15, 0.2) is 0 Å². The summed E-state index contributed by atoms with van der Waals surface area (Å²) >= 11 is 5.69. The van der Waals surface area contributed by atoms with E-state index in [1.807, 2.05) is 24.3 Å². The van der Waals surface area contributed by atoms with E-state index in [0.29, 0.717) is 11.5 Å². The average Bonchev–Trinajstić information content (AvgIpc) is 2.39. The van der Waals surface area contributed by atoms with Gasteiger partial charge in [-0.3, -0.25) is 10.1 Å². The topological polar surface area (TPSA) is 56.0 Å². The van der Waals surface area contributed by atoms with E-state index in [-0.39, 0.29) is 10.8 Å². The lowest BCUT2D eigenvalue weighted by atomic mass is 9.99. The Morgan fingerprint density at radius 2 is 1.84 bits per heavy atom. The Kier molecular flexibility index (Phi) is 3.81. The number of hydrogen-bond acceptors (Lipinski definition) is 3. The molecule has 0 amide bonds. The van der Waals surface area contributed by atoms with Gasteiger partial charge in [0.2, 0.25) is 5.15 Å². The molecule has 0 N–H and O–H groups in total. The van der Waals surface area contributed by atoms with Gasteiger partial charge in [0.05, 0.1) is 4.92 Å². The normalized spacial score (nSPS) is 10.7. The molecule has 0 saturated carbocycles. The number of nitrogens with zero attached hydrogens (tertiary/aromatic N) is 2. The predicted molar refractivity (Wildman–Crippen MR) is 75.4 cm³/mol. The van der Waals surface area contributed by atoms with Gasteiger partial charge in [0.25, 0.3) is 0 Å². The molecule has 0 aliphatic carbocycles. The molecule has 0 radical (unpaired) electrons. The van der Waals surface area contributed by atoms with Gasteiger partial charge < -0.3 is 0 Å². The van der Waals surface area contributed by atoms with Crippen LogP contribution in [0, 0.1) is 10.1 Å². The third kappa shape index (κ3) is 2.90. The molecule has 0 saturated heterocycles. The molecule has 98 valence electrons. The molecular formula is C14H13ClN2O2. The maximum Gasteiger partial charge on any atom is 0.307 e. The summed E-state index contributed by atoms with van der Waals surface area (Å²) in [5, 5.41) is 10.7. The maximum absolute atomic E-state index is 10.8. The van der Waals surface area contributed by atoms with Gasteiger partial charge in [0.1, 0.15) is 0 Å². The fourth-order valence-electron chi connectivity index (χ4n) is 1.78. The molecule has 0 aliphatic heterocycles. The zero-order chi connectivity index (χ0) is 14.0. The minimum Gasteiger partial charge on any atom is -0.258 e. The molecule has 0 spiro atoms. The summed E-state index contributed by atoms with van der Waals surface area (Å²) in [7, 11) is 0. The Labute approximate surface area is 116 Å². The summed E-state index contributed by atoms with van der Waals surface area (Å²) in [5.74, 6) is 0.451. The second-order valence-corrected chi connectivity index (χ2v) is 4.93. The van der Waals surface area contributed by atoms with Crippen molar-refractivity contribution in [1.82, 2.24) is 4.98 Å². The van der Waals surface area contributed by atoms with Gasteiger partial charge in [-0.25, -0.2) is 4.98 Å². The van der Waals surface area contributed by atoms with Crippen LogP contribution in [0.25, 0.3) is 11.1 Å². The minimum atomic E-state index is -0.526. The molecular weight excluding hydrogens is 264 g/mol. The van der Waals surface area contributed by atoms with Gasteiger partial charge in [0, 0.05) is 17.8 Å². The van der Waals surface area contributed by atoms with Crippen molar-refractivity contribution >= 4 is 17.3 Å². The standard InChI is InChI=1S/C14H13ClN2O2/c1-9(2)10-3-5-11(6-4-10)12-7-13(17(18)19)14(15)16-8-12/h3-9H,1-2H3. The summed E-state index contributed by atoms with van der Waals surface area (Å²) in [6.07, 6.45) is 1.54. The van der Waals surface area contributed by atoms with Crippen molar-refractivity contribution in [2.24, 2.45) is 0 Å². The third-order valence-electron chi connectivity index (χ3n) is 2.93. The van der Waals surface area contributed by atoms with Crippen molar-refractivity contribution in [2.45, 2.75) is 19.8 Å². The SMILES string of the molecule is CC(C)c1ccc(-c2cnc(Cl)c([N+](=O)[O-])c2)cc1. The Bertz CT molecular complexity index is 609. The van der Waals surface area contributed by atoms with Gasteiger partial charge in [-0.05, 0) is 17.0 Å². The lowest BCUT2D eigenvalue weighted by Crippen LogP contribution is -1.93. The summed E-state index contributed by atoms with van der Waals surface area (Å²) in [6, 6.07) is 9.34. The molecule has 0 fully saturated rings. The predicted octanol–water partition coefficient (Wildman–Crippen LogP) is 4.43. The largest absolute Gasteiger partial charge is 0.307 e. The number of hydrogen-bond donors (Lipinski definition) is 0. The number of pyridine rings is 1. The first kappa shape index (κ1) is 13.5. The third-order valence-corrected chi connectivity index (χ3v) is 3.22. The van der Waals surface area contributed by atoms with Crippen molar-refractivity contribution < 1.29 is 4.92 Å². The molecule has 0 aliphatic rings. The quantitative estimate of drug-likeness (QED) is 0.473. The highest BCUT2D eigenvalue weighted by atomic mass is 35.5. The van der Waals surface area contributed by atoms with Crippen LogP contribution >= 0.6 is 11.6 Å². The molecule has 2 rings (SSSR count). The van der Waals surface area contributed by atoms with E-state index in [1.165, 1.54) is 11.6 Å². The van der Waals surface area contributed by atoms with E-state index in [2.05, 4.69) is 18.8 Å². The summed E-state index contributed by atoms with van der Waals surface area (Å²) < 4.78 is 0. The van der Waals surface area contributed by atoms with Crippen LogP contribution in [0.4, 0.5) is 5.69 Å². The van der Waals surface area contributed by atoms with Gasteiger partial charge in [-0.15, -0.1) is 0 Å². The smallest absolute Gasteiger partial charge is 0.258 e. The number of halogens is 1. The highest BCUT2D eigenvalue weighted by Gasteiger charge is 2.15. The first-order valence-corrected chi connectivity index (χ1v) is 6.27. The van der Waals surface area contributed by atoms with E-state index >= 15 is 0 Å². The number of nitro groups is 1. The van der Waals surface area contributed by atoms with E-state index in [4.69, 9.17) is 11.6 Å². The molecule has 1 aromatic carbocycles. The first-order valence-electron chi connectivity index (χ1n) is 5.89. The Balaban J connectivity index is 2.41. The maximum atomic E-state index is 10.8. The molecule has 4 nitrogen and oxygen atoms in total. The Morgan fingerprint density at radius 1 is 1.21 bits per heavy atom. The fraction of sp³-hybridized carbons (Fsp3) is 0.214. The van der Waals surface area contributed by atoms with Crippen LogP contribution in [-0.4, -0.2) is 9.91 Å². The number of rotatable bonds is 3. The lowest BCUT2D eigenvalue weighted by Gasteiger charge is -2.07. The molecule has 1 aromatic heterocycles. The molecule has 0 unspecified atom stereocenters. The first-order chi connectivity index (χ1) is 8.99. The molecule has 5 heteroatoms. The highest BCUT2D eigenvalue weighted by Crippen LogP contribution is 2.28. The highest BCUT2D eigenvalue weighted by molar-refractivity contribution is 6.31. The van der Waals surface area contributed by atoms with Crippen LogP contribution in [0.15, 0.2) is 36.5 Å². The van der Waals surface area contributed by atoms with Crippen LogP contribution in [0.3, 0.4) is 0 Å². The molecule has 2 aromatic rings. The summed E-state index contributed by atoms with van der Waals surface area (Å²) in [4.78, 5) is 14.2. The van der Waals surface area contributed by atoms with Crippen LogP contribution in [0.2, 0.25) is 5.15 Å². The number of benzene rings is 1. The summed E-state index contributed by atoms with van der Waals surface area (Å²) in [6.45, 7) is 4.23. The minimum absolute atomic E-state index is 0.0902. The van der Waals surface area contributed by atoms with Gasteiger partial charge in [-0.2, -0.15) is 0 Å². The van der Waals surface area contributed by atoms with E-state index in [9.17, 15) is 10.1 Å². The average molecular weight is 277 g/mol. The Morgan fingerprint density at radius 3 is 2.37 bits per heavy atom. The van der Waals surface area contributed by atoms with Crippen LogP contribution < -0.4 is 0 Å². The fourth-order valence-corrected chi connectivity index (χ4v) is 1.96. The van der Waals surface area contributed by atoms with Crippen LogP contribution in [0.5, 0.6) is 0 Å². The van der Waals surface area contributed by atoms with Crippen molar-refractivity contribution in [3.63, 3.8) is 0 Å². The van der Waals surface area contributed by atoms with Crippen molar-refractivity contribution in [2.75, 3.05) is 0 Å². The zero-order valence-corrected chi connectivity index (χ0v) is 11.4. The Hall–Kier alpha value is -1.94. The van der Waals surface area contributed by atoms with Crippen LogP contribution in [-0.2, 0) is 0 Å². The van der Waals surface area contributed by atoms with Crippen molar-refractivity contribution in [1.29, 1.82) is 0 Å². The number of aromatic nitrogens is 1.